The first-order chi connectivity index (χ1) is 13.5. The smallest absolute Gasteiger partial charge is 0.271 e. The highest BCUT2D eigenvalue weighted by atomic mass is 16.3. The van der Waals surface area contributed by atoms with E-state index in [0.29, 0.717) is 16.8 Å². The van der Waals surface area contributed by atoms with Gasteiger partial charge in [0.2, 0.25) is 0 Å². The molecule has 0 fully saturated rings. The molecule has 0 aliphatic heterocycles. The number of aryl methyl sites for hydroxylation is 2. The topological polar surface area (TPSA) is 86.4 Å². The molecule has 2 N–H and O–H groups in total. The lowest BCUT2D eigenvalue weighted by molar-refractivity contribution is 0.0955. The molecule has 0 saturated heterocycles. The van der Waals surface area contributed by atoms with Crippen LogP contribution >= 0.6 is 0 Å². The van der Waals surface area contributed by atoms with E-state index in [1.165, 1.54) is 17.8 Å². The lowest BCUT2D eigenvalue weighted by atomic mass is 10.1. The number of phenolic OH excluding ortho intramolecular Hbond substituents is 1. The molecule has 0 saturated carbocycles. The Kier molecular flexibility index (Phi) is 5.91. The number of carbonyl (C=O) groups excluding carboxylic acids is 1. The molecule has 0 unspecified atom stereocenters. The number of amides is 1. The minimum absolute atomic E-state index is 0.0304. The third-order valence-electron chi connectivity index (χ3n) is 4.19. The number of rotatable bonds is 5. The van der Waals surface area contributed by atoms with Crippen molar-refractivity contribution in [2.75, 3.05) is 0 Å². The van der Waals surface area contributed by atoms with Gasteiger partial charge in [-0.05, 0) is 67.4 Å². The average Bonchev–Trinajstić information content (AvgIpc) is 2.71. The maximum atomic E-state index is 12.0. The van der Waals surface area contributed by atoms with Crippen molar-refractivity contribution >= 4 is 23.5 Å². The van der Waals surface area contributed by atoms with Gasteiger partial charge in [-0.1, -0.05) is 24.3 Å². The Bertz CT molecular complexity index is 1040. The van der Waals surface area contributed by atoms with E-state index >= 15 is 0 Å². The number of azo groups is 1. The molecule has 1 amide bonds. The second kappa shape index (κ2) is 8.73. The molecule has 3 aromatic rings. The Morgan fingerprint density at radius 3 is 2.29 bits per heavy atom. The van der Waals surface area contributed by atoms with Gasteiger partial charge in [-0.25, -0.2) is 5.43 Å². The molecule has 140 valence electrons. The van der Waals surface area contributed by atoms with Gasteiger partial charge in [-0.3, -0.25) is 4.79 Å². The summed E-state index contributed by atoms with van der Waals surface area (Å²) in [6, 6.07) is 19.4. The molecule has 0 spiro atoms. The normalized spacial score (nSPS) is 11.2. The van der Waals surface area contributed by atoms with Crippen LogP contribution in [-0.2, 0) is 0 Å². The summed E-state index contributed by atoms with van der Waals surface area (Å²) in [4.78, 5) is 12.0. The second-order valence-corrected chi connectivity index (χ2v) is 6.28. The standard InChI is InChI=1S/C22H20N4O2/c1-15-8-9-19(12-16(15)2)24-25-20-10-11-21(27)18(13-20)14-23-26-22(28)17-6-4-3-5-7-17/h3-14,27H,1-2H3,(H,26,28). The first-order valence-corrected chi connectivity index (χ1v) is 8.73. The van der Waals surface area contributed by atoms with E-state index in [0.717, 1.165) is 11.3 Å². The summed E-state index contributed by atoms with van der Waals surface area (Å²) in [5.41, 5.74) is 7.00. The van der Waals surface area contributed by atoms with Crippen LogP contribution in [0.3, 0.4) is 0 Å². The van der Waals surface area contributed by atoms with Gasteiger partial charge in [0, 0.05) is 11.1 Å². The zero-order chi connectivity index (χ0) is 19.9. The van der Waals surface area contributed by atoms with Gasteiger partial charge in [0.15, 0.2) is 0 Å². The molecule has 0 heterocycles. The second-order valence-electron chi connectivity index (χ2n) is 6.28. The quantitative estimate of drug-likeness (QED) is 0.367. The van der Waals surface area contributed by atoms with Crippen LogP contribution in [0, 0.1) is 13.8 Å². The van der Waals surface area contributed by atoms with Gasteiger partial charge in [0.25, 0.3) is 5.91 Å². The molecule has 0 bridgehead atoms. The van der Waals surface area contributed by atoms with Gasteiger partial charge in [-0.2, -0.15) is 15.3 Å². The Hall–Kier alpha value is -3.80. The summed E-state index contributed by atoms with van der Waals surface area (Å²) in [5.74, 6) is -0.301. The molecule has 0 aromatic heterocycles. The molecule has 0 aliphatic carbocycles. The van der Waals surface area contributed by atoms with Crippen LogP contribution in [0.25, 0.3) is 0 Å². The Balaban J connectivity index is 1.71. The van der Waals surface area contributed by atoms with Crippen LogP contribution in [0.15, 0.2) is 82.1 Å². The number of phenols is 1. The maximum absolute atomic E-state index is 12.0. The number of benzene rings is 3. The zero-order valence-corrected chi connectivity index (χ0v) is 15.6. The molecular weight excluding hydrogens is 352 g/mol. The fraction of sp³-hybridized carbons (Fsp3) is 0.0909. The van der Waals surface area contributed by atoms with Crippen LogP contribution in [0.1, 0.15) is 27.0 Å². The number of hydrogen-bond donors (Lipinski definition) is 2. The fourth-order valence-electron chi connectivity index (χ4n) is 2.43. The molecule has 3 rings (SSSR count). The van der Waals surface area contributed by atoms with Crippen molar-refractivity contribution in [1.29, 1.82) is 0 Å². The number of carbonyl (C=O) groups is 1. The summed E-state index contributed by atoms with van der Waals surface area (Å²) in [6.07, 6.45) is 1.37. The molecule has 0 atom stereocenters. The summed E-state index contributed by atoms with van der Waals surface area (Å²) in [5, 5.41) is 22.3. The largest absolute Gasteiger partial charge is 0.507 e. The number of aromatic hydroxyl groups is 1. The number of nitrogens with one attached hydrogen (secondary N) is 1. The SMILES string of the molecule is Cc1ccc(N=Nc2ccc(O)c(C=NNC(=O)c3ccccc3)c2)cc1C. The van der Waals surface area contributed by atoms with E-state index in [9.17, 15) is 9.90 Å². The first kappa shape index (κ1) is 19.0. The lowest BCUT2D eigenvalue weighted by Crippen LogP contribution is -2.17. The van der Waals surface area contributed by atoms with E-state index < -0.39 is 0 Å². The monoisotopic (exact) mass is 372 g/mol. The number of hydrogen-bond acceptors (Lipinski definition) is 5. The van der Waals surface area contributed by atoms with E-state index in [1.54, 1.807) is 36.4 Å². The highest BCUT2D eigenvalue weighted by Gasteiger charge is 2.04. The van der Waals surface area contributed by atoms with Gasteiger partial charge < -0.3 is 5.11 Å². The predicted octanol–water partition coefficient (Wildman–Crippen LogP) is 5.19. The van der Waals surface area contributed by atoms with Crippen LogP contribution in [0.2, 0.25) is 0 Å². The van der Waals surface area contributed by atoms with Gasteiger partial charge in [-0.15, -0.1) is 0 Å². The summed E-state index contributed by atoms with van der Waals surface area (Å²) < 4.78 is 0. The first-order valence-electron chi connectivity index (χ1n) is 8.73. The van der Waals surface area contributed by atoms with E-state index in [-0.39, 0.29) is 11.7 Å². The van der Waals surface area contributed by atoms with Crippen LogP contribution in [0.5, 0.6) is 5.75 Å². The highest BCUT2D eigenvalue weighted by molar-refractivity contribution is 5.95. The van der Waals surface area contributed by atoms with Crippen LogP contribution in [0.4, 0.5) is 11.4 Å². The van der Waals surface area contributed by atoms with Crippen molar-refractivity contribution in [1.82, 2.24) is 5.43 Å². The number of hydrazone groups is 1. The minimum Gasteiger partial charge on any atom is -0.507 e. The Morgan fingerprint density at radius 1 is 0.893 bits per heavy atom. The van der Waals surface area contributed by atoms with Crippen molar-refractivity contribution in [2.24, 2.45) is 15.3 Å². The van der Waals surface area contributed by atoms with Crippen molar-refractivity contribution in [2.45, 2.75) is 13.8 Å². The maximum Gasteiger partial charge on any atom is 0.271 e. The van der Waals surface area contributed by atoms with Crippen LogP contribution < -0.4 is 5.43 Å². The third kappa shape index (κ3) is 4.88. The lowest BCUT2D eigenvalue weighted by Gasteiger charge is -2.02. The molecule has 6 nitrogen and oxygen atoms in total. The molecule has 3 aromatic carbocycles. The van der Waals surface area contributed by atoms with Gasteiger partial charge in [0.05, 0.1) is 17.6 Å². The third-order valence-corrected chi connectivity index (χ3v) is 4.19. The average molecular weight is 372 g/mol. The predicted molar refractivity (Wildman–Crippen MR) is 110 cm³/mol. The summed E-state index contributed by atoms with van der Waals surface area (Å²) >= 11 is 0. The van der Waals surface area contributed by atoms with E-state index in [2.05, 4.69) is 20.8 Å². The minimum atomic E-state index is -0.332. The van der Waals surface area contributed by atoms with E-state index in [1.807, 2.05) is 38.1 Å². The van der Waals surface area contributed by atoms with Crippen molar-refractivity contribution < 1.29 is 9.90 Å². The molecule has 28 heavy (non-hydrogen) atoms. The molecular formula is C22H20N4O2. The van der Waals surface area contributed by atoms with Gasteiger partial charge >= 0.3 is 0 Å². The fourth-order valence-corrected chi connectivity index (χ4v) is 2.43. The number of nitrogens with zero attached hydrogens (tertiary/aromatic N) is 3. The summed E-state index contributed by atoms with van der Waals surface area (Å²) in [7, 11) is 0. The zero-order valence-electron chi connectivity index (χ0n) is 15.6. The molecule has 6 heteroatoms. The Labute approximate surface area is 163 Å². The molecule has 0 aliphatic rings. The van der Waals surface area contributed by atoms with Gasteiger partial charge in [0.1, 0.15) is 5.75 Å². The van der Waals surface area contributed by atoms with Crippen molar-refractivity contribution in [3.05, 3.63) is 89.0 Å². The summed E-state index contributed by atoms with van der Waals surface area (Å²) in [6.45, 7) is 4.06. The van der Waals surface area contributed by atoms with Crippen molar-refractivity contribution in [3.8, 4) is 5.75 Å². The van der Waals surface area contributed by atoms with Crippen molar-refractivity contribution in [3.63, 3.8) is 0 Å². The Morgan fingerprint density at radius 2 is 1.57 bits per heavy atom. The van der Waals surface area contributed by atoms with Crippen LogP contribution in [-0.4, -0.2) is 17.2 Å². The van der Waals surface area contributed by atoms with E-state index in [4.69, 9.17) is 0 Å². The highest BCUT2D eigenvalue weighted by Crippen LogP contribution is 2.25. The molecule has 0 radical (unpaired) electrons.